The van der Waals surface area contributed by atoms with Crippen LogP contribution in [-0.4, -0.2) is 37.6 Å². The van der Waals surface area contributed by atoms with Gasteiger partial charge in [-0.2, -0.15) is 0 Å². The molecule has 0 amide bonds. The summed E-state index contributed by atoms with van der Waals surface area (Å²) >= 11 is 0. The molecule has 0 spiro atoms. The number of carbonyl (C=O) groups is 2. The Morgan fingerprint density at radius 3 is 2.21 bits per heavy atom. The van der Waals surface area contributed by atoms with Crippen LogP contribution in [0.4, 0.5) is 0 Å². The molecule has 2 bridgehead atoms. The van der Waals surface area contributed by atoms with Gasteiger partial charge in [-0.25, -0.2) is 0 Å². The van der Waals surface area contributed by atoms with Crippen molar-refractivity contribution in [2.45, 2.75) is 31.8 Å². The number of rotatable bonds is 3. The molecule has 33 heavy (non-hydrogen) atoms. The number of hydrogen-bond acceptors (Lipinski definition) is 6. The van der Waals surface area contributed by atoms with Crippen LogP contribution in [0.5, 0.6) is 17.2 Å². The van der Waals surface area contributed by atoms with Gasteiger partial charge >= 0.3 is 0 Å². The first-order valence-electron chi connectivity index (χ1n) is 11.1. The van der Waals surface area contributed by atoms with Gasteiger partial charge in [-0.1, -0.05) is 49.8 Å². The van der Waals surface area contributed by atoms with Crippen LogP contribution in [0.25, 0.3) is 5.57 Å². The summed E-state index contributed by atoms with van der Waals surface area (Å²) in [5.41, 5.74) is -0.414. The molecule has 5 atom stereocenters. The topological polar surface area (TPSA) is 115 Å². The van der Waals surface area contributed by atoms with E-state index in [-0.39, 0.29) is 34.7 Å². The van der Waals surface area contributed by atoms with Crippen LogP contribution in [0.15, 0.2) is 60.2 Å². The summed E-state index contributed by atoms with van der Waals surface area (Å²) < 4.78 is 0. The van der Waals surface area contributed by atoms with Gasteiger partial charge in [-0.3, -0.25) is 9.59 Å². The number of aliphatic hydroxyl groups is 1. The number of aromatic hydroxyl groups is 3. The molecular weight excluding hydrogens is 420 g/mol. The number of allylic oxidation sites excluding steroid dienone is 3. The van der Waals surface area contributed by atoms with Gasteiger partial charge in [0, 0.05) is 22.8 Å². The van der Waals surface area contributed by atoms with Crippen LogP contribution < -0.4 is 0 Å². The number of phenols is 3. The van der Waals surface area contributed by atoms with Crippen LogP contribution in [0.2, 0.25) is 0 Å². The standard InChI is InChI=1S/C27H26O6/c1-13(2)17-11-19-23-24(31)18(14-4-7-16(28)8-5-14)12-27(23,22(17)25(32)26(19,3)33)15-6-9-20(29)21(30)10-15/h4-13,19,22-23,28-30,33H,1-3H3. The largest absolute Gasteiger partial charge is 0.508 e. The van der Waals surface area contributed by atoms with Crippen molar-refractivity contribution < 1.29 is 30.0 Å². The van der Waals surface area contributed by atoms with Crippen LogP contribution in [-0.2, 0) is 15.0 Å². The summed E-state index contributed by atoms with van der Waals surface area (Å²) in [5.74, 6) is -3.41. The minimum absolute atomic E-state index is 0.00214. The average Bonchev–Trinajstić information content (AvgIpc) is 3.08. The Hall–Kier alpha value is -3.38. The number of carbonyl (C=O) groups excluding carboxylic acids is 2. The van der Waals surface area contributed by atoms with Crippen molar-refractivity contribution in [2.75, 3.05) is 0 Å². The fourth-order valence-electron chi connectivity index (χ4n) is 6.11. The Balaban J connectivity index is 1.84. The van der Waals surface area contributed by atoms with Crippen molar-refractivity contribution in [3.63, 3.8) is 0 Å². The Kier molecular flexibility index (Phi) is 4.43. The maximum atomic E-state index is 13.9. The highest BCUT2D eigenvalue weighted by Gasteiger charge is 2.70. The van der Waals surface area contributed by atoms with Crippen molar-refractivity contribution in [1.29, 1.82) is 0 Å². The molecule has 5 unspecified atom stereocenters. The molecule has 2 aromatic rings. The molecule has 6 heteroatoms. The number of benzene rings is 2. The van der Waals surface area contributed by atoms with Gasteiger partial charge in [-0.15, -0.1) is 0 Å². The normalized spacial score (nSPS) is 32.7. The molecule has 4 N–H and O–H groups in total. The minimum Gasteiger partial charge on any atom is -0.508 e. The van der Waals surface area contributed by atoms with Crippen LogP contribution >= 0.6 is 0 Å². The zero-order valence-corrected chi connectivity index (χ0v) is 18.6. The lowest BCUT2D eigenvalue weighted by atomic mass is 9.44. The molecule has 4 aliphatic carbocycles. The zero-order valence-electron chi connectivity index (χ0n) is 18.6. The molecular formula is C27H26O6. The van der Waals surface area contributed by atoms with Gasteiger partial charge in [0.1, 0.15) is 11.4 Å². The van der Waals surface area contributed by atoms with E-state index in [2.05, 4.69) is 0 Å². The van der Waals surface area contributed by atoms with Gasteiger partial charge in [0.15, 0.2) is 23.1 Å². The summed E-state index contributed by atoms with van der Waals surface area (Å²) in [6.07, 6.45) is 3.70. The summed E-state index contributed by atoms with van der Waals surface area (Å²) in [5, 5.41) is 41.2. The van der Waals surface area contributed by atoms with Crippen LogP contribution in [0.1, 0.15) is 31.9 Å². The van der Waals surface area contributed by atoms with E-state index in [9.17, 15) is 30.0 Å². The van der Waals surface area contributed by atoms with Gasteiger partial charge in [-0.05, 0) is 48.2 Å². The predicted molar refractivity (Wildman–Crippen MR) is 122 cm³/mol. The third-order valence-corrected chi connectivity index (χ3v) is 7.72. The summed E-state index contributed by atoms with van der Waals surface area (Å²) in [4.78, 5) is 27.6. The van der Waals surface area contributed by atoms with E-state index in [0.717, 1.165) is 5.57 Å². The van der Waals surface area contributed by atoms with Crippen LogP contribution in [0.3, 0.4) is 0 Å². The van der Waals surface area contributed by atoms with Crippen molar-refractivity contribution in [3.05, 3.63) is 71.3 Å². The van der Waals surface area contributed by atoms with Gasteiger partial charge in [0.2, 0.25) is 0 Å². The lowest BCUT2D eigenvalue weighted by Crippen LogP contribution is -2.66. The van der Waals surface area contributed by atoms with Crippen molar-refractivity contribution in [3.8, 4) is 17.2 Å². The second-order valence-corrected chi connectivity index (χ2v) is 9.88. The number of hydrogen-bond donors (Lipinski definition) is 4. The average molecular weight is 446 g/mol. The second-order valence-electron chi connectivity index (χ2n) is 9.88. The van der Waals surface area contributed by atoms with Crippen LogP contribution in [0, 0.1) is 23.7 Å². The fraction of sp³-hybridized carbons (Fsp3) is 0.333. The molecule has 0 radical (unpaired) electrons. The summed E-state index contributed by atoms with van der Waals surface area (Å²) in [6.45, 7) is 5.43. The quantitative estimate of drug-likeness (QED) is 0.424. The number of phenolic OH excluding ortho intramolecular Hbond substituents is 3. The first-order valence-corrected chi connectivity index (χ1v) is 11.1. The molecule has 170 valence electrons. The highest BCUT2D eigenvalue weighted by Crippen LogP contribution is 2.64. The van der Waals surface area contributed by atoms with Gasteiger partial charge < -0.3 is 20.4 Å². The maximum Gasteiger partial charge on any atom is 0.173 e. The Bertz CT molecular complexity index is 1250. The molecule has 6 nitrogen and oxygen atoms in total. The van der Waals surface area contributed by atoms with Crippen molar-refractivity contribution >= 4 is 17.1 Å². The van der Waals surface area contributed by atoms with E-state index < -0.39 is 28.8 Å². The summed E-state index contributed by atoms with van der Waals surface area (Å²) in [7, 11) is 0. The van der Waals surface area contributed by atoms with E-state index in [1.54, 1.807) is 24.3 Å². The molecule has 6 rings (SSSR count). The first-order chi connectivity index (χ1) is 15.5. The van der Waals surface area contributed by atoms with E-state index in [4.69, 9.17) is 0 Å². The van der Waals surface area contributed by atoms with E-state index in [0.29, 0.717) is 16.7 Å². The Morgan fingerprint density at radius 2 is 1.61 bits per heavy atom. The molecule has 2 aromatic carbocycles. The highest BCUT2D eigenvalue weighted by molar-refractivity contribution is 6.26. The van der Waals surface area contributed by atoms with E-state index in [1.165, 1.54) is 31.2 Å². The lowest BCUT2D eigenvalue weighted by Gasteiger charge is -2.57. The molecule has 4 aliphatic rings. The van der Waals surface area contributed by atoms with Gasteiger partial charge in [0.05, 0.1) is 5.92 Å². The molecule has 0 heterocycles. The minimum atomic E-state index is -1.70. The number of fused-ring (bicyclic) bond motifs is 1. The molecule has 0 aliphatic heterocycles. The van der Waals surface area contributed by atoms with E-state index in [1.807, 2.05) is 19.9 Å². The Morgan fingerprint density at radius 1 is 0.939 bits per heavy atom. The third kappa shape index (κ3) is 2.70. The molecule has 1 fully saturated rings. The monoisotopic (exact) mass is 446 g/mol. The highest BCUT2D eigenvalue weighted by atomic mass is 16.3. The number of Topliss-reactive ketones (excluding diaryl/α,β-unsaturated/α-hetero) is 2. The zero-order chi connectivity index (χ0) is 23.9. The smallest absolute Gasteiger partial charge is 0.173 e. The van der Waals surface area contributed by atoms with Gasteiger partial charge in [0.25, 0.3) is 0 Å². The predicted octanol–water partition coefficient (Wildman–Crippen LogP) is 3.49. The third-order valence-electron chi connectivity index (χ3n) is 7.72. The summed E-state index contributed by atoms with van der Waals surface area (Å²) in [6, 6.07) is 10.7. The first kappa shape index (κ1) is 21.5. The second kappa shape index (κ2) is 6.81. The molecule has 1 saturated carbocycles. The fourth-order valence-corrected chi connectivity index (χ4v) is 6.11. The number of ketones is 2. The molecule has 0 aromatic heterocycles. The van der Waals surface area contributed by atoms with Crippen molar-refractivity contribution in [1.82, 2.24) is 0 Å². The van der Waals surface area contributed by atoms with Crippen molar-refractivity contribution in [2.24, 2.45) is 23.7 Å². The Labute approximate surface area is 191 Å². The SMILES string of the molecule is CC(C)C1=CC2C3C(=O)C(c4ccc(O)cc4)=CC3(c3ccc(O)c(O)c3)C1C(=O)C2(C)O. The molecule has 0 saturated heterocycles. The lowest BCUT2D eigenvalue weighted by molar-refractivity contribution is -0.161. The maximum absolute atomic E-state index is 13.9. The van der Waals surface area contributed by atoms with E-state index >= 15 is 0 Å².